The molecule has 0 bridgehead atoms. The largest absolute Gasteiger partial charge is 0.444 e. The first-order valence-electron chi connectivity index (χ1n) is 9.64. The van der Waals surface area contributed by atoms with Gasteiger partial charge in [0.1, 0.15) is 5.82 Å². The molecule has 160 valence electrons. The zero-order valence-electron chi connectivity index (χ0n) is 16.9. The smallest absolute Gasteiger partial charge is 0.339 e. The second-order valence-electron chi connectivity index (χ2n) is 7.12. The SMILES string of the molecule is CN1C(=O)c2ccc(C(=O)OC(C(=O)Nc3ccc(F)cc3)c3ccccc3)cc2C1=O. The Labute approximate surface area is 182 Å². The van der Waals surface area contributed by atoms with Crippen LogP contribution in [0.1, 0.15) is 42.7 Å². The van der Waals surface area contributed by atoms with E-state index < -0.39 is 35.6 Å². The van der Waals surface area contributed by atoms with Crippen LogP contribution in [-0.2, 0) is 9.53 Å². The van der Waals surface area contributed by atoms with Crippen LogP contribution in [0, 0.1) is 5.82 Å². The second-order valence-corrected chi connectivity index (χ2v) is 7.12. The Balaban J connectivity index is 1.60. The molecular formula is C24H17FN2O5. The predicted molar refractivity (Wildman–Crippen MR) is 112 cm³/mol. The van der Waals surface area contributed by atoms with E-state index in [-0.39, 0.29) is 16.7 Å². The van der Waals surface area contributed by atoms with Crippen LogP contribution >= 0.6 is 0 Å². The van der Waals surface area contributed by atoms with Gasteiger partial charge in [-0.3, -0.25) is 19.3 Å². The normalized spacial score (nSPS) is 13.5. The Kier molecular flexibility index (Phi) is 5.51. The van der Waals surface area contributed by atoms with Gasteiger partial charge in [0.15, 0.2) is 0 Å². The van der Waals surface area contributed by atoms with Crippen molar-refractivity contribution in [3.63, 3.8) is 0 Å². The van der Waals surface area contributed by atoms with Crippen molar-refractivity contribution < 1.29 is 28.3 Å². The van der Waals surface area contributed by atoms with E-state index in [4.69, 9.17) is 4.74 Å². The molecule has 0 saturated heterocycles. The number of nitrogens with zero attached hydrogens (tertiary/aromatic N) is 1. The van der Waals surface area contributed by atoms with Crippen molar-refractivity contribution in [2.75, 3.05) is 12.4 Å². The number of hydrogen-bond donors (Lipinski definition) is 1. The van der Waals surface area contributed by atoms with Crippen LogP contribution < -0.4 is 5.32 Å². The maximum Gasteiger partial charge on any atom is 0.339 e. The first-order chi connectivity index (χ1) is 15.3. The molecule has 3 aromatic carbocycles. The molecule has 1 atom stereocenters. The van der Waals surface area contributed by atoms with Gasteiger partial charge in [-0.2, -0.15) is 0 Å². The fraction of sp³-hybridized carbons (Fsp3) is 0.0833. The lowest BCUT2D eigenvalue weighted by molar-refractivity contribution is -0.125. The molecule has 1 unspecified atom stereocenters. The highest BCUT2D eigenvalue weighted by atomic mass is 19.1. The van der Waals surface area contributed by atoms with Gasteiger partial charge in [0.25, 0.3) is 17.7 Å². The Morgan fingerprint density at radius 2 is 1.56 bits per heavy atom. The average molecular weight is 432 g/mol. The number of imide groups is 1. The summed E-state index contributed by atoms with van der Waals surface area (Å²) >= 11 is 0. The van der Waals surface area contributed by atoms with Crippen molar-refractivity contribution in [3.8, 4) is 0 Å². The monoisotopic (exact) mass is 432 g/mol. The lowest BCUT2D eigenvalue weighted by Crippen LogP contribution is -2.26. The number of carbonyl (C=O) groups excluding carboxylic acids is 4. The van der Waals surface area contributed by atoms with Gasteiger partial charge in [-0.15, -0.1) is 0 Å². The summed E-state index contributed by atoms with van der Waals surface area (Å²) in [5.41, 5.74) is 1.07. The minimum Gasteiger partial charge on any atom is -0.444 e. The Morgan fingerprint density at radius 3 is 2.25 bits per heavy atom. The lowest BCUT2D eigenvalue weighted by Gasteiger charge is -2.18. The van der Waals surface area contributed by atoms with Gasteiger partial charge in [-0.05, 0) is 42.5 Å². The minimum atomic E-state index is -1.30. The molecule has 1 N–H and O–H groups in total. The maximum atomic E-state index is 13.1. The second kappa shape index (κ2) is 8.43. The first-order valence-corrected chi connectivity index (χ1v) is 9.64. The zero-order chi connectivity index (χ0) is 22.8. The third-order valence-corrected chi connectivity index (χ3v) is 5.00. The molecule has 0 aromatic heterocycles. The number of benzene rings is 3. The minimum absolute atomic E-state index is 0.0238. The van der Waals surface area contributed by atoms with Crippen molar-refractivity contribution in [1.29, 1.82) is 0 Å². The molecule has 1 aliphatic rings. The number of fused-ring (bicyclic) bond motifs is 1. The molecule has 0 radical (unpaired) electrons. The van der Waals surface area contributed by atoms with Gasteiger partial charge >= 0.3 is 5.97 Å². The molecule has 3 amide bonds. The fourth-order valence-electron chi connectivity index (χ4n) is 3.31. The summed E-state index contributed by atoms with van der Waals surface area (Å²) in [4.78, 5) is 51.0. The maximum absolute atomic E-state index is 13.1. The van der Waals surface area contributed by atoms with Crippen LogP contribution in [0.4, 0.5) is 10.1 Å². The number of carbonyl (C=O) groups is 4. The highest BCUT2D eigenvalue weighted by Crippen LogP contribution is 2.26. The number of amides is 3. The number of ether oxygens (including phenoxy) is 1. The van der Waals surface area contributed by atoms with Gasteiger partial charge < -0.3 is 10.1 Å². The molecule has 1 heterocycles. The quantitative estimate of drug-likeness (QED) is 0.491. The van der Waals surface area contributed by atoms with E-state index in [9.17, 15) is 23.6 Å². The molecule has 0 aliphatic carbocycles. The van der Waals surface area contributed by atoms with Crippen molar-refractivity contribution in [3.05, 3.63) is 101 Å². The summed E-state index contributed by atoms with van der Waals surface area (Å²) in [6.07, 6.45) is -1.30. The van der Waals surface area contributed by atoms with E-state index in [1.165, 1.54) is 49.5 Å². The van der Waals surface area contributed by atoms with E-state index in [1.807, 2.05) is 0 Å². The number of anilines is 1. The van der Waals surface area contributed by atoms with Crippen molar-refractivity contribution in [1.82, 2.24) is 4.90 Å². The summed E-state index contributed by atoms with van der Waals surface area (Å²) in [7, 11) is 1.36. The van der Waals surface area contributed by atoms with E-state index in [0.717, 1.165) is 4.90 Å². The average Bonchev–Trinajstić information content (AvgIpc) is 3.02. The van der Waals surface area contributed by atoms with Gasteiger partial charge in [0, 0.05) is 18.3 Å². The summed E-state index contributed by atoms with van der Waals surface area (Å²) in [6.45, 7) is 0. The standard InChI is InChI=1S/C24H17FN2O5/c1-27-22(29)18-12-7-15(13-19(18)23(27)30)24(31)32-20(14-5-3-2-4-6-14)21(28)26-17-10-8-16(25)9-11-17/h2-13,20H,1H3,(H,26,28). The molecule has 0 saturated carbocycles. The third kappa shape index (κ3) is 3.98. The van der Waals surface area contributed by atoms with Gasteiger partial charge in [-0.1, -0.05) is 30.3 Å². The molecule has 0 fully saturated rings. The van der Waals surface area contributed by atoms with E-state index in [1.54, 1.807) is 30.3 Å². The number of rotatable bonds is 5. The summed E-state index contributed by atoms with van der Waals surface area (Å²) < 4.78 is 18.6. The van der Waals surface area contributed by atoms with E-state index in [2.05, 4.69) is 5.32 Å². The molecule has 7 nitrogen and oxygen atoms in total. The molecule has 3 aromatic rings. The summed E-state index contributed by atoms with van der Waals surface area (Å²) in [6, 6.07) is 17.6. The summed E-state index contributed by atoms with van der Waals surface area (Å²) in [5.74, 6) is -2.91. The Morgan fingerprint density at radius 1 is 0.906 bits per heavy atom. The van der Waals surface area contributed by atoms with Crippen LogP contribution in [-0.4, -0.2) is 35.6 Å². The van der Waals surface area contributed by atoms with Crippen molar-refractivity contribution in [2.45, 2.75) is 6.10 Å². The third-order valence-electron chi connectivity index (χ3n) is 5.00. The Bertz CT molecular complexity index is 1220. The molecular weight excluding hydrogens is 415 g/mol. The number of halogens is 1. The van der Waals surface area contributed by atoms with Crippen LogP contribution in [0.3, 0.4) is 0 Å². The highest BCUT2D eigenvalue weighted by molar-refractivity contribution is 6.21. The van der Waals surface area contributed by atoms with Crippen molar-refractivity contribution in [2.24, 2.45) is 0 Å². The number of nitrogens with one attached hydrogen (secondary N) is 1. The van der Waals surface area contributed by atoms with Gasteiger partial charge in [-0.25, -0.2) is 9.18 Å². The molecule has 32 heavy (non-hydrogen) atoms. The van der Waals surface area contributed by atoms with Gasteiger partial charge in [0.2, 0.25) is 6.10 Å². The number of esters is 1. The molecule has 0 spiro atoms. The van der Waals surface area contributed by atoms with Gasteiger partial charge in [0.05, 0.1) is 16.7 Å². The number of hydrogen-bond acceptors (Lipinski definition) is 5. The predicted octanol–water partition coefficient (Wildman–Crippen LogP) is 3.59. The zero-order valence-corrected chi connectivity index (χ0v) is 16.9. The highest BCUT2D eigenvalue weighted by Gasteiger charge is 2.34. The van der Waals surface area contributed by atoms with Crippen LogP contribution in [0.5, 0.6) is 0 Å². The lowest BCUT2D eigenvalue weighted by atomic mass is 10.1. The topological polar surface area (TPSA) is 92.8 Å². The fourth-order valence-corrected chi connectivity index (χ4v) is 3.31. The van der Waals surface area contributed by atoms with E-state index >= 15 is 0 Å². The first kappa shape index (κ1) is 20.9. The van der Waals surface area contributed by atoms with Crippen LogP contribution in [0.25, 0.3) is 0 Å². The molecule has 8 heteroatoms. The van der Waals surface area contributed by atoms with Crippen molar-refractivity contribution >= 4 is 29.4 Å². The molecule has 4 rings (SSSR count). The van der Waals surface area contributed by atoms with Crippen LogP contribution in [0.15, 0.2) is 72.8 Å². The summed E-state index contributed by atoms with van der Waals surface area (Å²) in [5, 5.41) is 2.60. The van der Waals surface area contributed by atoms with E-state index in [0.29, 0.717) is 11.3 Å². The van der Waals surface area contributed by atoms with Crippen LogP contribution in [0.2, 0.25) is 0 Å². The molecule has 1 aliphatic heterocycles. The Hall–Kier alpha value is -4.33.